The van der Waals surface area contributed by atoms with Gasteiger partial charge < -0.3 is 10.4 Å². The van der Waals surface area contributed by atoms with Crippen LogP contribution in [0.1, 0.15) is 24.8 Å². The third-order valence-electron chi connectivity index (χ3n) is 3.79. The van der Waals surface area contributed by atoms with Gasteiger partial charge in [-0.2, -0.15) is 0 Å². The van der Waals surface area contributed by atoms with Crippen molar-refractivity contribution in [3.05, 3.63) is 28.0 Å². The van der Waals surface area contributed by atoms with E-state index in [4.69, 9.17) is 23.2 Å². The Morgan fingerprint density at radius 1 is 1.30 bits per heavy atom. The van der Waals surface area contributed by atoms with E-state index >= 15 is 0 Å². The first kappa shape index (κ1) is 16.0. The second-order valence-electron chi connectivity index (χ2n) is 5.13. The zero-order valence-electron chi connectivity index (χ0n) is 11.5. The summed E-state index contributed by atoms with van der Waals surface area (Å²) < 4.78 is 0. The van der Waals surface area contributed by atoms with Gasteiger partial charge in [-0.1, -0.05) is 29.6 Å². The van der Waals surface area contributed by atoms with Gasteiger partial charge in [-0.05, 0) is 19.4 Å². The van der Waals surface area contributed by atoms with Crippen LogP contribution >= 0.6 is 23.2 Å². The Balaban J connectivity index is 1.76. The maximum atomic E-state index is 9.36. The van der Waals surface area contributed by atoms with Gasteiger partial charge in [0.15, 0.2) is 0 Å². The molecule has 1 aromatic rings. The van der Waals surface area contributed by atoms with Gasteiger partial charge in [0.25, 0.3) is 0 Å². The molecule has 1 aromatic heterocycles. The van der Waals surface area contributed by atoms with Crippen molar-refractivity contribution in [2.45, 2.75) is 31.8 Å². The molecule has 0 spiro atoms. The van der Waals surface area contributed by atoms with Gasteiger partial charge in [0.05, 0.1) is 16.7 Å². The average molecular weight is 318 g/mol. The van der Waals surface area contributed by atoms with Crippen molar-refractivity contribution in [1.82, 2.24) is 15.2 Å². The van der Waals surface area contributed by atoms with Crippen LogP contribution in [0, 0.1) is 0 Å². The zero-order valence-corrected chi connectivity index (χ0v) is 13.0. The highest BCUT2D eigenvalue weighted by Gasteiger charge is 2.20. The van der Waals surface area contributed by atoms with Gasteiger partial charge in [-0.25, -0.2) is 0 Å². The lowest BCUT2D eigenvalue weighted by molar-refractivity contribution is 0.0910. The van der Waals surface area contributed by atoms with Crippen LogP contribution in [-0.2, 0) is 6.54 Å². The average Bonchev–Trinajstić information content (AvgIpc) is 2.46. The van der Waals surface area contributed by atoms with E-state index in [-0.39, 0.29) is 6.61 Å². The minimum atomic E-state index is 0.252. The van der Waals surface area contributed by atoms with E-state index < -0.39 is 0 Å². The van der Waals surface area contributed by atoms with Crippen molar-refractivity contribution in [2.24, 2.45) is 0 Å². The second-order valence-corrected chi connectivity index (χ2v) is 5.94. The smallest absolute Gasteiger partial charge is 0.0649 e. The monoisotopic (exact) mass is 317 g/mol. The Kier molecular flexibility index (Phi) is 6.52. The molecule has 0 aliphatic carbocycles. The molecule has 1 atom stereocenters. The van der Waals surface area contributed by atoms with Crippen LogP contribution in [0.4, 0.5) is 0 Å². The number of aliphatic hydroxyl groups excluding tert-OH is 1. The first-order valence-corrected chi connectivity index (χ1v) is 7.81. The van der Waals surface area contributed by atoms with E-state index in [0.29, 0.717) is 22.6 Å². The summed E-state index contributed by atoms with van der Waals surface area (Å²) in [6, 6.07) is 0.318. The van der Waals surface area contributed by atoms with Crippen LogP contribution in [0.3, 0.4) is 0 Å². The van der Waals surface area contributed by atoms with E-state index in [2.05, 4.69) is 15.2 Å². The third kappa shape index (κ3) is 4.30. The molecule has 1 fully saturated rings. The normalized spacial score (nSPS) is 20.2. The van der Waals surface area contributed by atoms with Gasteiger partial charge in [0, 0.05) is 43.6 Å². The van der Waals surface area contributed by atoms with Crippen LogP contribution in [0.2, 0.25) is 10.0 Å². The topological polar surface area (TPSA) is 48.4 Å². The molecule has 0 bridgehead atoms. The van der Waals surface area contributed by atoms with Crippen LogP contribution in [0.15, 0.2) is 12.4 Å². The number of aromatic nitrogens is 1. The Labute approximate surface area is 130 Å². The number of rotatable bonds is 6. The van der Waals surface area contributed by atoms with Crippen molar-refractivity contribution >= 4 is 23.2 Å². The van der Waals surface area contributed by atoms with Gasteiger partial charge in [0.2, 0.25) is 0 Å². The molecular weight excluding hydrogens is 297 g/mol. The first-order valence-electron chi connectivity index (χ1n) is 7.06. The van der Waals surface area contributed by atoms with Crippen LogP contribution in [0.5, 0.6) is 0 Å². The summed E-state index contributed by atoms with van der Waals surface area (Å²) in [7, 11) is 0. The Hall–Kier alpha value is -0.390. The molecule has 2 heterocycles. The molecule has 1 saturated heterocycles. The number of piperidine rings is 1. The predicted octanol–water partition coefficient (Wildman–Crippen LogP) is 2.32. The number of hydrogen-bond acceptors (Lipinski definition) is 4. The van der Waals surface area contributed by atoms with E-state index in [1.165, 1.54) is 12.8 Å². The van der Waals surface area contributed by atoms with Gasteiger partial charge in [0.1, 0.15) is 0 Å². The quantitative estimate of drug-likeness (QED) is 0.791. The van der Waals surface area contributed by atoms with Crippen molar-refractivity contribution in [3.63, 3.8) is 0 Å². The maximum absolute atomic E-state index is 9.36. The number of pyridine rings is 1. The summed E-state index contributed by atoms with van der Waals surface area (Å²) in [6.45, 7) is 3.75. The highest BCUT2D eigenvalue weighted by molar-refractivity contribution is 6.35. The Morgan fingerprint density at radius 3 is 2.75 bits per heavy atom. The van der Waals surface area contributed by atoms with E-state index in [1.54, 1.807) is 12.4 Å². The van der Waals surface area contributed by atoms with Crippen molar-refractivity contribution in [3.8, 4) is 0 Å². The number of hydrogen-bond donors (Lipinski definition) is 2. The van der Waals surface area contributed by atoms with Crippen LogP contribution < -0.4 is 5.32 Å². The summed E-state index contributed by atoms with van der Waals surface area (Å²) >= 11 is 12.1. The summed E-state index contributed by atoms with van der Waals surface area (Å²) in [4.78, 5) is 6.29. The largest absolute Gasteiger partial charge is 0.395 e. The highest BCUT2D eigenvalue weighted by atomic mass is 35.5. The Morgan fingerprint density at radius 2 is 2.05 bits per heavy atom. The molecule has 0 aromatic carbocycles. The SMILES string of the molecule is OCC1CCCCN1CCNCc1c(Cl)cncc1Cl. The van der Waals surface area contributed by atoms with E-state index in [0.717, 1.165) is 31.6 Å². The zero-order chi connectivity index (χ0) is 14.4. The van der Waals surface area contributed by atoms with E-state index in [9.17, 15) is 5.11 Å². The van der Waals surface area contributed by atoms with Gasteiger partial charge in [-0.3, -0.25) is 9.88 Å². The minimum Gasteiger partial charge on any atom is -0.395 e. The Bertz CT molecular complexity index is 411. The number of likely N-dealkylation sites (tertiary alicyclic amines) is 1. The number of aliphatic hydroxyl groups is 1. The minimum absolute atomic E-state index is 0.252. The molecule has 1 aliphatic rings. The molecule has 4 nitrogen and oxygen atoms in total. The molecule has 112 valence electrons. The molecule has 2 rings (SSSR count). The van der Waals surface area contributed by atoms with Crippen LogP contribution in [-0.4, -0.2) is 47.3 Å². The molecule has 20 heavy (non-hydrogen) atoms. The molecule has 0 saturated carbocycles. The first-order chi connectivity index (χ1) is 9.72. The fourth-order valence-electron chi connectivity index (χ4n) is 2.60. The summed E-state index contributed by atoms with van der Waals surface area (Å²) in [6.07, 6.45) is 6.75. The standard InChI is InChI=1S/C14H21Cl2N3O/c15-13-8-18-9-14(16)12(13)7-17-4-6-19-5-2-1-3-11(19)10-20/h8-9,11,17,20H,1-7,10H2. The predicted molar refractivity (Wildman–Crippen MR) is 82.3 cm³/mol. The van der Waals surface area contributed by atoms with Gasteiger partial charge >= 0.3 is 0 Å². The third-order valence-corrected chi connectivity index (χ3v) is 4.44. The number of nitrogens with one attached hydrogen (secondary N) is 1. The summed E-state index contributed by atoms with van der Waals surface area (Å²) in [5, 5.41) is 13.9. The van der Waals surface area contributed by atoms with Crippen molar-refractivity contribution in [1.29, 1.82) is 0 Å². The molecule has 1 aliphatic heterocycles. The molecule has 0 radical (unpaired) electrons. The van der Waals surface area contributed by atoms with Gasteiger partial charge in [-0.15, -0.1) is 0 Å². The highest BCUT2D eigenvalue weighted by Crippen LogP contribution is 2.22. The maximum Gasteiger partial charge on any atom is 0.0649 e. The summed E-state index contributed by atoms with van der Waals surface area (Å²) in [5.41, 5.74) is 0.890. The lowest BCUT2D eigenvalue weighted by Crippen LogP contribution is -2.44. The molecule has 2 N–H and O–H groups in total. The molecule has 6 heteroatoms. The van der Waals surface area contributed by atoms with E-state index in [1.807, 2.05) is 0 Å². The van der Waals surface area contributed by atoms with Crippen molar-refractivity contribution < 1.29 is 5.11 Å². The lowest BCUT2D eigenvalue weighted by Gasteiger charge is -2.34. The molecule has 0 amide bonds. The van der Waals surface area contributed by atoms with Crippen molar-refractivity contribution in [2.75, 3.05) is 26.2 Å². The number of halogens is 2. The number of nitrogens with zero attached hydrogens (tertiary/aromatic N) is 2. The molecular formula is C14H21Cl2N3O. The fraction of sp³-hybridized carbons (Fsp3) is 0.643. The van der Waals surface area contributed by atoms with Crippen LogP contribution in [0.25, 0.3) is 0 Å². The lowest BCUT2D eigenvalue weighted by atomic mass is 10.0. The second kappa shape index (κ2) is 8.15. The summed E-state index contributed by atoms with van der Waals surface area (Å²) in [5.74, 6) is 0. The fourth-order valence-corrected chi connectivity index (χ4v) is 3.10. The molecule has 1 unspecified atom stereocenters.